The first-order valence-corrected chi connectivity index (χ1v) is 18.7. The van der Waals surface area contributed by atoms with E-state index >= 15 is 0 Å². The number of ether oxygens (including phenoxy) is 6. The average Bonchev–Trinajstić information content (AvgIpc) is 3.11. The van der Waals surface area contributed by atoms with E-state index in [2.05, 4.69) is 57.2 Å². The van der Waals surface area contributed by atoms with Gasteiger partial charge in [0.25, 0.3) is 0 Å². The van der Waals surface area contributed by atoms with Gasteiger partial charge in [0.05, 0.1) is 41.2 Å². The molecule has 6 nitrogen and oxygen atoms in total. The van der Waals surface area contributed by atoms with E-state index in [-0.39, 0.29) is 0 Å². The highest BCUT2D eigenvalue weighted by molar-refractivity contribution is 6.26. The van der Waals surface area contributed by atoms with Crippen LogP contribution in [-0.2, 0) is 0 Å². The number of benzene rings is 4. The van der Waals surface area contributed by atoms with Gasteiger partial charge in [-0.3, -0.25) is 0 Å². The summed E-state index contributed by atoms with van der Waals surface area (Å²) >= 11 is 0. The monoisotopic (exact) mass is 660 g/mol. The molecule has 48 heavy (non-hydrogen) atoms. The average molecular weight is 661 g/mol. The Labute approximate surface area is 289 Å². The van der Waals surface area contributed by atoms with Crippen LogP contribution in [0.2, 0.25) is 0 Å². The molecule has 0 fully saturated rings. The first kappa shape index (κ1) is 37.3. The fraction of sp³-hybridized carbons (Fsp3) is 0.571. The predicted molar refractivity (Wildman–Crippen MR) is 201 cm³/mol. The molecule has 0 aliphatic heterocycles. The van der Waals surface area contributed by atoms with Crippen LogP contribution in [0.4, 0.5) is 0 Å². The molecular formula is C42H60O6. The van der Waals surface area contributed by atoms with E-state index in [1.54, 1.807) is 21.3 Å². The summed E-state index contributed by atoms with van der Waals surface area (Å²) in [5.74, 6) is 4.43. The third-order valence-electron chi connectivity index (χ3n) is 9.30. The number of fused-ring (bicyclic) bond motifs is 6. The molecule has 0 saturated heterocycles. The van der Waals surface area contributed by atoms with Crippen LogP contribution >= 0.6 is 0 Å². The van der Waals surface area contributed by atoms with Crippen LogP contribution in [0.25, 0.3) is 32.3 Å². The molecular weight excluding hydrogens is 600 g/mol. The molecule has 0 aliphatic carbocycles. The first-order chi connectivity index (χ1) is 23.6. The van der Waals surface area contributed by atoms with E-state index < -0.39 is 0 Å². The summed E-state index contributed by atoms with van der Waals surface area (Å²) in [7, 11) is 5.14. The molecule has 0 saturated carbocycles. The smallest absolute Gasteiger partial charge is 0.161 e. The number of methoxy groups -OCH3 is 3. The van der Waals surface area contributed by atoms with Crippen LogP contribution in [-0.4, -0.2) is 41.2 Å². The van der Waals surface area contributed by atoms with E-state index in [0.717, 1.165) is 86.1 Å². The number of hydrogen-bond acceptors (Lipinski definition) is 6. The van der Waals surface area contributed by atoms with Gasteiger partial charge in [-0.25, -0.2) is 0 Å². The van der Waals surface area contributed by atoms with Gasteiger partial charge in [0.1, 0.15) is 0 Å². The minimum absolute atomic E-state index is 0.657. The second kappa shape index (κ2) is 20.1. The van der Waals surface area contributed by atoms with Gasteiger partial charge in [0, 0.05) is 0 Å². The summed E-state index contributed by atoms with van der Waals surface area (Å²) in [6.45, 7) is 8.69. The molecule has 0 aromatic heterocycles. The van der Waals surface area contributed by atoms with Gasteiger partial charge in [-0.05, 0) is 88.0 Å². The van der Waals surface area contributed by atoms with Crippen molar-refractivity contribution in [1.82, 2.24) is 0 Å². The summed E-state index contributed by atoms with van der Waals surface area (Å²) in [5, 5.41) is 6.39. The zero-order chi connectivity index (χ0) is 34.1. The van der Waals surface area contributed by atoms with Crippen LogP contribution in [0.1, 0.15) is 117 Å². The third-order valence-corrected chi connectivity index (χ3v) is 9.30. The third kappa shape index (κ3) is 9.76. The highest BCUT2D eigenvalue weighted by Crippen LogP contribution is 2.47. The van der Waals surface area contributed by atoms with Gasteiger partial charge < -0.3 is 28.4 Å². The molecule has 0 radical (unpaired) electrons. The highest BCUT2D eigenvalue weighted by atomic mass is 16.5. The van der Waals surface area contributed by atoms with Gasteiger partial charge >= 0.3 is 0 Å². The second-order valence-corrected chi connectivity index (χ2v) is 12.9. The number of rotatable bonds is 24. The van der Waals surface area contributed by atoms with Crippen molar-refractivity contribution in [1.29, 1.82) is 0 Å². The number of unbranched alkanes of at least 4 members (excludes halogenated alkanes) is 12. The lowest BCUT2D eigenvalue weighted by atomic mass is 9.93. The standard InChI is InChI=1S/C42H60O6/c1-7-10-13-16-19-22-46-40-28-34-31(25-37(40)43-4)35-29-41(47-23-20-17-14-11-8-2)39(45-6)27-33(35)36-30-42(38(44-5)26-32(34)36)48-24-21-18-15-12-9-3/h25-30H,7-24H2,1-6H3. The van der Waals surface area contributed by atoms with E-state index in [0.29, 0.717) is 19.8 Å². The fourth-order valence-electron chi connectivity index (χ4n) is 6.50. The molecule has 0 heterocycles. The van der Waals surface area contributed by atoms with E-state index in [1.807, 2.05) is 0 Å². The van der Waals surface area contributed by atoms with Crippen molar-refractivity contribution in [3.05, 3.63) is 36.4 Å². The Hall–Kier alpha value is -3.54. The van der Waals surface area contributed by atoms with Crippen molar-refractivity contribution in [3.63, 3.8) is 0 Å². The Balaban J connectivity index is 1.81. The molecule has 0 spiro atoms. The fourth-order valence-corrected chi connectivity index (χ4v) is 6.50. The Morgan fingerprint density at radius 1 is 0.312 bits per heavy atom. The van der Waals surface area contributed by atoms with Gasteiger partial charge in [0.2, 0.25) is 0 Å². The van der Waals surface area contributed by atoms with Crippen molar-refractivity contribution < 1.29 is 28.4 Å². The Bertz CT molecular complexity index is 1350. The zero-order valence-corrected chi connectivity index (χ0v) is 30.6. The summed E-state index contributed by atoms with van der Waals surface area (Å²) in [6.07, 6.45) is 17.7. The van der Waals surface area contributed by atoms with Crippen molar-refractivity contribution in [2.75, 3.05) is 41.2 Å². The Kier molecular flexibility index (Phi) is 15.6. The zero-order valence-electron chi connectivity index (χ0n) is 30.6. The highest BCUT2D eigenvalue weighted by Gasteiger charge is 2.19. The molecule has 6 heteroatoms. The molecule has 4 aromatic carbocycles. The van der Waals surface area contributed by atoms with Crippen LogP contribution in [0, 0.1) is 0 Å². The topological polar surface area (TPSA) is 55.4 Å². The molecule has 0 unspecified atom stereocenters. The molecule has 0 N–H and O–H groups in total. The van der Waals surface area contributed by atoms with Crippen LogP contribution in [0.15, 0.2) is 36.4 Å². The van der Waals surface area contributed by atoms with Crippen molar-refractivity contribution >= 4 is 32.3 Å². The van der Waals surface area contributed by atoms with Crippen LogP contribution < -0.4 is 28.4 Å². The first-order valence-electron chi connectivity index (χ1n) is 18.7. The molecule has 0 amide bonds. The molecule has 0 atom stereocenters. The summed E-state index contributed by atoms with van der Waals surface area (Å²) in [5.41, 5.74) is 0. The van der Waals surface area contributed by atoms with Gasteiger partial charge in [-0.1, -0.05) is 97.8 Å². The molecule has 264 valence electrons. The second-order valence-electron chi connectivity index (χ2n) is 12.9. The van der Waals surface area contributed by atoms with Gasteiger partial charge in [0.15, 0.2) is 34.5 Å². The predicted octanol–water partition coefficient (Wildman–Crippen LogP) is 12.2. The summed E-state index contributed by atoms with van der Waals surface area (Å²) in [6, 6.07) is 12.7. The van der Waals surface area contributed by atoms with Crippen molar-refractivity contribution in [2.45, 2.75) is 117 Å². The summed E-state index contributed by atoms with van der Waals surface area (Å²) < 4.78 is 36.9. The van der Waals surface area contributed by atoms with Gasteiger partial charge in [-0.2, -0.15) is 0 Å². The Morgan fingerprint density at radius 3 is 0.771 bits per heavy atom. The summed E-state index contributed by atoms with van der Waals surface area (Å²) in [4.78, 5) is 0. The van der Waals surface area contributed by atoms with Crippen LogP contribution in [0.3, 0.4) is 0 Å². The molecule has 0 aliphatic rings. The lowest BCUT2D eigenvalue weighted by Gasteiger charge is -2.19. The maximum Gasteiger partial charge on any atom is 0.161 e. The molecule has 4 rings (SSSR count). The molecule has 4 aromatic rings. The molecule has 0 bridgehead atoms. The van der Waals surface area contributed by atoms with E-state index in [1.165, 1.54) is 77.0 Å². The van der Waals surface area contributed by atoms with Crippen molar-refractivity contribution in [2.24, 2.45) is 0 Å². The lowest BCUT2D eigenvalue weighted by Crippen LogP contribution is -2.02. The minimum atomic E-state index is 0.657. The number of hydrogen-bond donors (Lipinski definition) is 0. The SMILES string of the molecule is CCCCCCCOc1cc2c(cc1OC)c1cc(OCCCCCCC)c(OC)cc1c1cc(OCCCCCCC)c(OC)cc21. The van der Waals surface area contributed by atoms with E-state index in [4.69, 9.17) is 28.4 Å². The maximum atomic E-state index is 6.38. The van der Waals surface area contributed by atoms with Crippen molar-refractivity contribution in [3.8, 4) is 34.5 Å². The largest absolute Gasteiger partial charge is 0.493 e. The Morgan fingerprint density at radius 2 is 0.542 bits per heavy atom. The normalized spacial score (nSPS) is 11.4. The maximum absolute atomic E-state index is 6.38. The lowest BCUT2D eigenvalue weighted by molar-refractivity contribution is 0.285. The van der Waals surface area contributed by atoms with Gasteiger partial charge in [-0.15, -0.1) is 0 Å². The quantitative estimate of drug-likeness (QED) is 0.0551. The van der Waals surface area contributed by atoms with Crippen LogP contribution in [0.5, 0.6) is 34.5 Å². The minimum Gasteiger partial charge on any atom is -0.493 e. The van der Waals surface area contributed by atoms with E-state index in [9.17, 15) is 0 Å².